The summed E-state index contributed by atoms with van der Waals surface area (Å²) in [6, 6.07) is 33.4. The van der Waals surface area contributed by atoms with Crippen molar-refractivity contribution in [1.82, 2.24) is 5.32 Å². The van der Waals surface area contributed by atoms with Crippen LogP contribution in [-0.2, 0) is 26.2 Å². The Bertz CT molecular complexity index is 1160. The average Bonchev–Trinajstić information content (AvgIpc) is 2.91. The van der Waals surface area contributed by atoms with Crippen LogP contribution in [0.4, 0.5) is 4.39 Å². The van der Waals surface area contributed by atoms with Gasteiger partial charge in [0.25, 0.3) is 0 Å². The van der Waals surface area contributed by atoms with Crippen LogP contribution in [0.25, 0.3) is 0 Å². The molecule has 0 fully saturated rings. The number of ether oxygens (including phenoxy) is 1. The number of carbonyl (C=O) groups is 2. The van der Waals surface area contributed by atoms with Crippen molar-refractivity contribution in [3.8, 4) is 0 Å². The summed E-state index contributed by atoms with van der Waals surface area (Å²) in [4.78, 5) is 27.1. The fourth-order valence-corrected chi connectivity index (χ4v) is 4.42. The summed E-state index contributed by atoms with van der Waals surface area (Å²) in [6.07, 6.45) is 0.160. The maximum absolute atomic E-state index is 14.4. The highest BCUT2D eigenvalue weighted by atomic mass is 19.1. The molecule has 0 aliphatic heterocycles. The van der Waals surface area contributed by atoms with Gasteiger partial charge in [0.05, 0.1) is 7.11 Å². The Labute approximate surface area is 204 Å². The number of rotatable bonds is 8. The maximum Gasteiger partial charge on any atom is 0.328 e. The van der Waals surface area contributed by atoms with Crippen LogP contribution in [0.3, 0.4) is 0 Å². The molecule has 0 heterocycles. The molecule has 0 unspecified atom stereocenters. The van der Waals surface area contributed by atoms with Gasteiger partial charge in [0.15, 0.2) is 0 Å². The summed E-state index contributed by atoms with van der Waals surface area (Å²) in [5, 5.41) is 2.96. The van der Waals surface area contributed by atoms with Crippen molar-refractivity contribution in [2.24, 2.45) is 0 Å². The number of esters is 1. The van der Waals surface area contributed by atoms with Crippen molar-refractivity contribution in [3.05, 3.63) is 143 Å². The second kappa shape index (κ2) is 10.8. The van der Waals surface area contributed by atoms with Crippen LogP contribution >= 0.6 is 0 Å². The second-order valence-corrected chi connectivity index (χ2v) is 8.23. The molecule has 0 spiro atoms. The predicted octanol–water partition coefficient (Wildman–Crippen LogP) is 5.06. The standard InChI is InChI=1S/C30H26FNO3/c1-35-28(33)27(21-22-17-19-26(31)20-18-22)32-29(34)30(23-11-5-2-6-12-23,24-13-7-3-8-14-24)25-15-9-4-10-16-25/h2-20,27H,21H2,1H3,(H,32,34)/t27-/m0/s1. The molecule has 4 rings (SSSR count). The lowest BCUT2D eigenvalue weighted by Crippen LogP contribution is -2.52. The molecule has 0 bridgehead atoms. The molecule has 4 aromatic rings. The highest BCUT2D eigenvalue weighted by Gasteiger charge is 2.45. The summed E-state index contributed by atoms with van der Waals surface area (Å²) in [5.74, 6) is -1.31. The van der Waals surface area contributed by atoms with Gasteiger partial charge in [0, 0.05) is 6.42 Å². The molecule has 0 saturated carbocycles. The van der Waals surface area contributed by atoms with Crippen molar-refractivity contribution in [1.29, 1.82) is 0 Å². The smallest absolute Gasteiger partial charge is 0.328 e. The Kier molecular flexibility index (Phi) is 7.36. The number of amides is 1. The molecule has 5 heteroatoms. The summed E-state index contributed by atoms with van der Waals surface area (Å²) in [5.41, 5.74) is 1.77. The molecule has 1 atom stereocenters. The van der Waals surface area contributed by atoms with Gasteiger partial charge in [-0.1, -0.05) is 103 Å². The quantitative estimate of drug-likeness (QED) is 0.291. The van der Waals surface area contributed by atoms with Gasteiger partial charge in [-0.05, 0) is 34.4 Å². The van der Waals surface area contributed by atoms with Crippen LogP contribution in [0.5, 0.6) is 0 Å². The van der Waals surface area contributed by atoms with Crippen LogP contribution in [0, 0.1) is 5.82 Å². The topological polar surface area (TPSA) is 55.4 Å². The molecule has 176 valence electrons. The van der Waals surface area contributed by atoms with Gasteiger partial charge >= 0.3 is 5.97 Å². The number of benzene rings is 4. The lowest BCUT2D eigenvalue weighted by molar-refractivity contribution is -0.145. The fraction of sp³-hybridized carbons (Fsp3) is 0.133. The zero-order valence-electron chi connectivity index (χ0n) is 19.4. The first-order valence-electron chi connectivity index (χ1n) is 11.4. The first kappa shape index (κ1) is 23.9. The highest BCUT2D eigenvalue weighted by molar-refractivity contribution is 5.98. The Morgan fingerprint density at radius 3 is 1.57 bits per heavy atom. The van der Waals surface area contributed by atoms with Crippen LogP contribution < -0.4 is 5.32 Å². The van der Waals surface area contributed by atoms with Gasteiger partial charge in [0.2, 0.25) is 5.91 Å². The molecule has 1 N–H and O–H groups in total. The Hall–Kier alpha value is -4.25. The Balaban J connectivity index is 1.84. The predicted molar refractivity (Wildman–Crippen MR) is 133 cm³/mol. The highest BCUT2D eigenvalue weighted by Crippen LogP contribution is 2.39. The molecular formula is C30H26FNO3. The van der Waals surface area contributed by atoms with Gasteiger partial charge in [0.1, 0.15) is 17.3 Å². The third-order valence-corrected chi connectivity index (χ3v) is 6.11. The van der Waals surface area contributed by atoms with E-state index >= 15 is 0 Å². The van der Waals surface area contributed by atoms with E-state index in [4.69, 9.17) is 4.74 Å². The zero-order valence-corrected chi connectivity index (χ0v) is 19.4. The van der Waals surface area contributed by atoms with Gasteiger partial charge in [-0.3, -0.25) is 4.79 Å². The van der Waals surface area contributed by atoms with Crippen LogP contribution in [-0.4, -0.2) is 25.0 Å². The third-order valence-electron chi connectivity index (χ3n) is 6.11. The normalized spacial score (nSPS) is 11.9. The molecule has 0 aromatic heterocycles. The van der Waals surface area contributed by atoms with Gasteiger partial charge in [-0.15, -0.1) is 0 Å². The van der Waals surface area contributed by atoms with Crippen molar-refractivity contribution in [2.75, 3.05) is 7.11 Å². The number of nitrogens with one attached hydrogen (secondary N) is 1. The van der Waals surface area contributed by atoms with Crippen molar-refractivity contribution in [3.63, 3.8) is 0 Å². The maximum atomic E-state index is 14.4. The van der Waals surface area contributed by atoms with E-state index in [1.165, 1.54) is 19.2 Å². The SMILES string of the molecule is COC(=O)[C@H](Cc1ccc(F)cc1)NC(=O)C(c1ccccc1)(c1ccccc1)c1ccccc1. The number of hydrogen-bond acceptors (Lipinski definition) is 3. The van der Waals surface area contributed by atoms with Crippen LogP contribution in [0.15, 0.2) is 115 Å². The molecule has 4 nitrogen and oxygen atoms in total. The van der Waals surface area contributed by atoms with E-state index < -0.39 is 17.4 Å². The van der Waals surface area contributed by atoms with Crippen LogP contribution in [0.2, 0.25) is 0 Å². The number of hydrogen-bond donors (Lipinski definition) is 1. The minimum atomic E-state index is -1.22. The second-order valence-electron chi connectivity index (χ2n) is 8.23. The van der Waals surface area contributed by atoms with Gasteiger partial charge < -0.3 is 10.1 Å². The summed E-state index contributed by atoms with van der Waals surface area (Å²) in [7, 11) is 1.28. The van der Waals surface area contributed by atoms with Gasteiger partial charge in [-0.25, -0.2) is 9.18 Å². The molecule has 0 saturated heterocycles. The largest absolute Gasteiger partial charge is 0.467 e. The fourth-order valence-electron chi connectivity index (χ4n) is 4.42. The molecule has 1 amide bonds. The number of methoxy groups -OCH3 is 1. The van der Waals surface area contributed by atoms with E-state index in [0.29, 0.717) is 5.56 Å². The Morgan fingerprint density at radius 1 is 0.743 bits per heavy atom. The minimum Gasteiger partial charge on any atom is -0.467 e. The first-order chi connectivity index (χ1) is 17.1. The zero-order chi connectivity index (χ0) is 24.7. The molecule has 0 aliphatic rings. The van der Waals surface area contributed by atoms with E-state index in [1.807, 2.05) is 91.0 Å². The molecular weight excluding hydrogens is 441 g/mol. The number of carbonyl (C=O) groups excluding carboxylic acids is 2. The molecule has 0 radical (unpaired) electrons. The lowest BCUT2D eigenvalue weighted by Gasteiger charge is -2.35. The van der Waals surface area contributed by atoms with E-state index in [-0.39, 0.29) is 18.1 Å². The average molecular weight is 468 g/mol. The lowest BCUT2D eigenvalue weighted by atomic mass is 9.68. The van der Waals surface area contributed by atoms with Crippen molar-refractivity contribution in [2.45, 2.75) is 17.9 Å². The number of halogens is 1. The van der Waals surface area contributed by atoms with E-state index in [1.54, 1.807) is 12.1 Å². The summed E-state index contributed by atoms with van der Waals surface area (Å²) < 4.78 is 18.4. The van der Waals surface area contributed by atoms with Crippen LogP contribution in [0.1, 0.15) is 22.3 Å². The molecule has 0 aliphatic carbocycles. The van der Waals surface area contributed by atoms with E-state index in [0.717, 1.165) is 16.7 Å². The van der Waals surface area contributed by atoms with Crippen molar-refractivity contribution >= 4 is 11.9 Å². The summed E-state index contributed by atoms with van der Waals surface area (Å²) in [6.45, 7) is 0. The monoisotopic (exact) mass is 467 g/mol. The van der Waals surface area contributed by atoms with Crippen molar-refractivity contribution < 1.29 is 18.7 Å². The minimum absolute atomic E-state index is 0.160. The third kappa shape index (κ3) is 4.99. The molecule has 35 heavy (non-hydrogen) atoms. The molecule has 4 aromatic carbocycles. The Morgan fingerprint density at radius 2 is 1.17 bits per heavy atom. The van der Waals surface area contributed by atoms with E-state index in [2.05, 4.69) is 5.32 Å². The first-order valence-corrected chi connectivity index (χ1v) is 11.4. The summed E-state index contributed by atoms with van der Waals surface area (Å²) >= 11 is 0. The van der Waals surface area contributed by atoms with E-state index in [9.17, 15) is 14.0 Å². The van der Waals surface area contributed by atoms with Gasteiger partial charge in [-0.2, -0.15) is 0 Å².